The number of primary amides is 1. The van der Waals surface area contributed by atoms with E-state index in [1.807, 2.05) is 30.3 Å². The van der Waals surface area contributed by atoms with Gasteiger partial charge in [-0.1, -0.05) is 30.3 Å². The molecule has 6 heteroatoms. The molecule has 0 aromatic heterocycles. The normalized spacial score (nSPS) is 18.6. The zero-order valence-corrected chi connectivity index (χ0v) is 13.1. The van der Waals surface area contributed by atoms with Crippen LogP contribution in [0, 0.1) is 0 Å². The fourth-order valence-corrected chi connectivity index (χ4v) is 3.05. The number of fused-ring (bicyclic) bond motifs is 1. The number of alkyl halides is 1. The number of hydrogen-bond acceptors (Lipinski definition) is 3. The van der Waals surface area contributed by atoms with Crippen molar-refractivity contribution in [1.82, 2.24) is 5.32 Å². The maximum Gasteiger partial charge on any atom is 0.254 e. The highest BCUT2D eigenvalue weighted by atomic mass is 19.1. The molecular formula is C18H17FN2O3. The number of ether oxygens (including phenoxy) is 1. The first-order valence-corrected chi connectivity index (χ1v) is 7.54. The maximum atomic E-state index is 13.6. The van der Waals surface area contributed by atoms with E-state index in [-0.39, 0.29) is 11.1 Å². The average molecular weight is 328 g/mol. The third-order valence-electron chi connectivity index (χ3n) is 4.16. The Kier molecular flexibility index (Phi) is 4.20. The quantitative estimate of drug-likeness (QED) is 0.901. The van der Waals surface area contributed by atoms with E-state index in [4.69, 9.17) is 10.5 Å². The molecule has 0 bridgehead atoms. The molecule has 0 unspecified atom stereocenters. The first-order valence-electron chi connectivity index (χ1n) is 7.54. The molecule has 3 N–H and O–H groups in total. The van der Waals surface area contributed by atoms with Gasteiger partial charge in [-0.3, -0.25) is 9.59 Å². The molecule has 1 aliphatic rings. The Hall–Kier alpha value is -2.89. The standard InChI is InChI=1S/C18H17FN2O3/c1-21-18(23)13-8-11(17(20)22)7-12-15(10-5-3-2-4-6-10)14(9-19)24-16(12)13/h2-8,14-15H,9H2,1H3,(H2,20,22)(H,21,23)/t14-,15+/m1/s1. The van der Waals surface area contributed by atoms with Gasteiger partial charge in [0.2, 0.25) is 5.91 Å². The van der Waals surface area contributed by atoms with E-state index < -0.39 is 30.5 Å². The Labute approximate surface area is 138 Å². The maximum absolute atomic E-state index is 13.6. The van der Waals surface area contributed by atoms with Gasteiger partial charge in [0.15, 0.2) is 0 Å². The Bertz CT molecular complexity index is 792. The second kappa shape index (κ2) is 6.31. The first kappa shape index (κ1) is 16.0. The molecule has 0 saturated carbocycles. The number of carbonyl (C=O) groups excluding carboxylic acids is 2. The van der Waals surface area contributed by atoms with Crippen LogP contribution >= 0.6 is 0 Å². The zero-order chi connectivity index (χ0) is 17.3. The molecule has 124 valence electrons. The van der Waals surface area contributed by atoms with Crippen LogP contribution in [0.2, 0.25) is 0 Å². The average Bonchev–Trinajstić information content (AvgIpc) is 2.99. The van der Waals surface area contributed by atoms with Crippen LogP contribution < -0.4 is 15.8 Å². The lowest BCUT2D eigenvalue weighted by molar-refractivity contribution is 0.0955. The van der Waals surface area contributed by atoms with Gasteiger partial charge in [-0.25, -0.2) is 4.39 Å². The summed E-state index contributed by atoms with van der Waals surface area (Å²) in [5, 5.41) is 2.50. The van der Waals surface area contributed by atoms with Crippen molar-refractivity contribution in [2.24, 2.45) is 5.73 Å². The van der Waals surface area contributed by atoms with Crippen molar-refractivity contribution in [3.05, 3.63) is 64.7 Å². The summed E-state index contributed by atoms with van der Waals surface area (Å²) in [6.07, 6.45) is -0.756. The van der Waals surface area contributed by atoms with Crippen molar-refractivity contribution >= 4 is 11.8 Å². The van der Waals surface area contributed by atoms with E-state index in [2.05, 4.69) is 5.32 Å². The van der Waals surface area contributed by atoms with Gasteiger partial charge in [-0.2, -0.15) is 0 Å². The van der Waals surface area contributed by atoms with Crippen molar-refractivity contribution in [2.75, 3.05) is 13.7 Å². The van der Waals surface area contributed by atoms with E-state index in [9.17, 15) is 14.0 Å². The van der Waals surface area contributed by atoms with Gasteiger partial charge in [0.05, 0.1) is 11.5 Å². The Balaban J connectivity index is 2.22. The molecule has 2 amide bonds. The lowest BCUT2D eigenvalue weighted by Gasteiger charge is -2.16. The molecule has 0 radical (unpaired) electrons. The molecule has 2 aromatic carbocycles. The summed E-state index contributed by atoms with van der Waals surface area (Å²) in [5.74, 6) is -1.18. The fraction of sp³-hybridized carbons (Fsp3) is 0.222. The Morgan fingerprint density at radius 3 is 2.54 bits per heavy atom. The van der Waals surface area contributed by atoms with Crippen LogP contribution in [0.15, 0.2) is 42.5 Å². The van der Waals surface area contributed by atoms with Crippen molar-refractivity contribution in [1.29, 1.82) is 0 Å². The zero-order valence-electron chi connectivity index (χ0n) is 13.1. The molecule has 3 rings (SSSR count). The summed E-state index contributed by atoms with van der Waals surface area (Å²) in [4.78, 5) is 23.8. The molecule has 2 aromatic rings. The van der Waals surface area contributed by atoms with Gasteiger partial charge in [-0.15, -0.1) is 0 Å². The van der Waals surface area contributed by atoms with Crippen LogP contribution in [0.25, 0.3) is 0 Å². The summed E-state index contributed by atoms with van der Waals surface area (Å²) in [5.41, 5.74) is 7.20. The Morgan fingerprint density at radius 2 is 1.96 bits per heavy atom. The highest BCUT2D eigenvalue weighted by Crippen LogP contribution is 2.45. The molecule has 24 heavy (non-hydrogen) atoms. The van der Waals surface area contributed by atoms with Crippen LogP contribution in [0.3, 0.4) is 0 Å². The topological polar surface area (TPSA) is 81.4 Å². The van der Waals surface area contributed by atoms with Crippen LogP contribution in [0.1, 0.15) is 37.8 Å². The van der Waals surface area contributed by atoms with Crippen molar-refractivity contribution in [2.45, 2.75) is 12.0 Å². The van der Waals surface area contributed by atoms with E-state index in [1.54, 1.807) is 6.07 Å². The van der Waals surface area contributed by atoms with E-state index in [0.717, 1.165) is 5.56 Å². The minimum Gasteiger partial charge on any atom is -0.486 e. The molecule has 0 aliphatic carbocycles. The predicted octanol–water partition coefficient (Wildman–Crippen LogP) is 2.01. The van der Waals surface area contributed by atoms with E-state index in [1.165, 1.54) is 13.1 Å². The number of benzene rings is 2. The van der Waals surface area contributed by atoms with Crippen LogP contribution in [0.5, 0.6) is 5.75 Å². The van der Waals surface area contributed by atoms with Gasteiger partial charge >= 0.3 is 0 Å². The minimum absolute atomic E-state index is 0.181. The molecular weight excluding hydrogens is 311 g/mol. The first-order chi connectivity index (χ1) is 11.6. The second-order valence-corrected chi connectivity index (χ2v) is 5.58. The fourth-order valence-electron chi connectivity index (χ4n) is 3.05. The van der Waals surface area contributed by atoms with Gasteiger partial charge in [-0.05, 0) is 17.7 Å². The Morgan fingerprint density at radius 1 is 1.25 bits per heavy atom. The van der Waals surface area contributed by atoms with Gasteiger partial charge in [0.25, 0.3) is 5.91 Å². The van der Waals surface area contributed by atoms with Crippen LogP contribution in [-0.2, 0) is 0 Å². The highest BCUT2D eigenvalue weighted by Gasteiger charge is 2.38. The third-order valence-corrected chi connectivity index (χ3v) is 4.16. The number of hydrogen-bond donors (Lipinski definition) is 2. The van der Waals surface area contributed by atoms with Crippen molar-refractivity contribution in [3.63, 3.8) is 0 Å². The second-order valence-electron chi connectivity index (χ2n) is 5.58. The number of carbonyl (C=O) groups is 2. The molecule has 5 nitrogen and oxygen atoms in total. The molecule has 1 heterocycles. The summed E-state index contributed by atoms with van der Waals surface area (Å²) in [6.45, 7) is -0.715. The number of rotatable bonds is 4. The molecule has 2 atom stereocenters. The van der Waals surface area contributed by atoms with Gasteiger partial charge in [0, 0.05) is 18.2 Å². The monoisotopic (exact) mass is 328 g/mol. The van der Waals surface area contributed by atoms with Crippen LogP contribution in [-0.4, -0.2) is 31.6 Å². The smallest absolute Gasteiger partial charge is 0.254 e. The number of nitrogens with two attached hydrogens (primary N) is 1. The lowest BCUT2D eigenvalue weighted by Crippen LogP contribution is -2.22. The van der Waals surface area contributed by atoms with E-state index in [0.29, 0.717) is 11.3 Å². The molecule has 0 spiro atoms. The predicted molar refractivity (Wildman–Crippen MR) is 87.0 cm³/mol. The largest absolute Gasteiger partial charge is 0.486 e. The third kappa shape index (κ3) is 2.60. The highest BCUT2D eigenvalue weighted by molar-refractivity contribution is 6.02. The number of nitrogens with one attached hydrogen (secondary N) is 1. The molecule has 0 fully saturated rings. The summed E-state index contributed by atoms with van der Waals surface area (Å²) < 4.78 is 19.3. The summed E-state index contributed by atoms with van der Waals surface area (Å²) in [7, 11) is 1.47. The van der Waals surface area contributed by atoms with Crippen LogP contribution in [0.4, 0.5) is 4.39 Å². The van der Waals surface area contributed by atoms with Gasteiger partial charge < -0.3 is 15.8 Å². The minimum atomic E-state index is -0.756. The van der Waals surface area contributed by atoms with Crippen molar-refractivity contribution in [3.8, 4) is 5.75 Å². The number of amides is 2. The van der Waals surface area contributed by atoms with Gasteiger partial charge in [0.1, 0.15) is 18.5 Å². The number of halogens is 1. The van der Waals surface area contributed by atoms with Crippen molar-refractivity contribution < 1.29 is 18.7 Å². The molecule has 0 saturated heterocycles. The summed E-state index contributed by atoms with van der Waals surface area (Å²) >= 11 is 0. The van der Waals surface area contributed by atoms with E-state index >= 15 is 0 Å². The SMILES string of the molecule is CNC(=O)c1cc(C(N)=O)cc2c1O[C@H](CF)[C@H]2c1ccccc1. The summed E-state index contributed by atoms with van der Waals surface area (Å²) in [6, 6.07) is 12.2. The molecule has 1 aliphatic heterocycles. The lowest BCUT2D eigenvalue weighted by atomic mass is 9.86.